The molecule has 0 fully saturated rings. The zero-order chi connectivity index (χ0) is 11.8. The number of benzene rings is 1. The molecule has 16 heavy (non-hydrogen) atoms. The number of hydrogen-bond donors (Lipinski definition) is 1. The van der Waals surface area contributed by atoms with Crippen LogP contribution >= 0.6 is 11.6 Å². The van der Waals surface area contributed by atoms with E-state index in [2.05, 4.69) is 5.32 Å². The summed E-state index contributed by atoms with van der Waals surface area (Å²) in [6.45, 7) is 0.642. The minimum Gasteiger partial charge on any atom is -0.496 e. The topological polar surface area (TPSA) is 38.3 Å². The monoisotopic (exact) mass is 241 g/mol. The van der Waals surface area contributed by atoms with Crippen LogP contribution in [0.15, 0.2) is 24.3 Å². The average Bonchev–Trinajstić information content (AvgIpc) is 2.34. The first-order valence-corrected chi connectivity index (χ1v) is 5.80. The Kier molecular flexibility index (Phi) is 5.72. The highest BCUT2D eigenvalue weighted by molar-refractivity contribution is 6.17. The van der Waals surface area contributed by atoms with E-state index in [4.69, 9.17) is 16.3 Å². The third kappa shape index (κ3) is 3.74. The Morgan fingerprint density at radius 1 is 1.38 bits per heavy atom. The molecule has 0 saturated carbocycles. The maximum absolute atomic E-state index is 11.8. The summed E-state index contributed by atoms with van der Waals surface area (Å²) in [7, 11) is 1.56. The zero-order valence-electron chi connectivity index (χ0n) is 9.33. The maximum atomic E-state index is 11.8. The number of unbranched alkanes of at least 4 members (excludes halogenated alkanes) is 1. The molecule has 3 nitrogen and oxygen atoms in total. The molecule has 4 heteroatoms. The molecule has 0 aliphatic heterocycles. The molecular weight excluding hydrogens is 226 g/mol. The summed E-state index contributed by atoms with van der Waals surface area (Å²) in [6.07, 6.45) is 1.80. The minimum atomic E-state index is -0.105. The van der Waals surface area contributed by atoms with E-state index in [9.17, 15) is 4.79 Å². The maximum Gasteiger partial charge on any atom is 0.255 e. The molecule has 0 saturated heterocycles. The van der Waals surface area contributed by atoms with Gasteiger partial charge in [-0.3, -0.25) is 4.79 Å². The van der Waals surface area contributed by atoms with Crippen molar-refractivity contribution in [3.8, 4) is 5.75 Å². The van der Waals surface area contributed by atoms with Gasteiger partial charge in [-0.2, -0.15) is 0 Å². The number of ether oxygens (including phenoxy) is 1. The van der Waals surface area contributed by atoms with Gasteiger partial charge in [0.05, 0.1) is 12.7 Å². The van der Waals surface area contributed by atoms with Crippen molar-refractivity contribution < 1.29 is 9.53 Å². The van der Waals surface area contributed by atoms with Gasteiger partial charge in [0.15, 0.2) is 0 Å². The van der Waals surface area contributed by atoms with Crippen molar-refractivity contribution in [3.63, 3.8) is 0 Å². The van der Waals surface area contributed by atoms with Gasteiger partial charge in [-0.1, -0.05) is 12.1 Å². The molecule has 0 bridgehead atoms. The zero-order valence-corrected chi connectivity index (χ0v) is 10.1. The summed E-state index contributed by atoms with van der Waals surface area (Å²) >= 11 is 5.55. The number of alkyl halides is 1. The quantitative estimate of drug-likeness (QED) is 0.614. The Hall–Kier alpha value is -1.22. The number of methoxy groups -OCH3 is 1. The van der Waals surface area contributed by atoms with E-state index in [-0.39, 0.29) is 5.91 Å². The highest BCUT2D eigenvalue weighted by Crippen LogP contribution is 2.16. The highest BCUT2D eigenvalue weighted by atomic mass is 35.5. The smallest absolute Gasteiger partial charge is 0.255 e. The molecule has 0 unspecified atom stereocenters. The van der Waals surface area contributed by atoms with E-state index >= 15 is 0 Å². The van der Waals surface area contributed by atoms with Crippen LogP contribution in [0.5, 0.6) is 5.75 Å². The van der Waals surface area contributed by atoms with Gasteiger partial charge in [0, 0.05) is 12.4 Å². The molecule has 0 aliphatic rings. The number of para-hydroxylation sites is 1. The summed E-state index contributed by atoms with van der Waals surface area (Å²) in [5, 5.41) is 2.83. The van der Waals surface area contributed by atoms with Crippen LogP contribution in [-0.2, 0) is 0 Å². The number of carbonyl (C=O) groups excluding carboxylic acids is 1. The molecule has 0 aromatic heterocycles. The lowest BCUT2D eigenvalue weighted by Crippen LogP contribution is -2.24. The van der Waals surface area contributed by atoms with Gasteiger partial charge < -0.3 is 10.1 Å². The molecule has 88 valence electrons. The number of amides is 1. The number of rotatable bonds is 6. The largest absolute Gasteiger partial charge is 0.496 e. The fraction of sp³-hybridized carbons (Fsp3) is 0.417. The van der Waals surface area contributed by atoms with Crippen molar-refractivity contribution in [1.29, 1.82) is 0 Å². The van der Waals surface area contributed by atoms with E-state index in [1.807, 2.05) is 12.1 Å². The van der Waals surface area contributed by atoms with Crippen molar-refractivity contribution in [2.75, 3.05) is 19.5 Å². The Labute approximate surface area is 101 Å². The first kappa shape index (κ1) is 12.8. The lowest BCUT2D eigenvalue weighted by atomic mass is 10.2. The Morgan fingerprint density at radius 3 is 2.81 bits per heavy atom. The summed E-state index contributed by atoms with van der Waals surface area (Å²) in [6, 6.07) is 7.17. The number of halogens is 1. The first-order valence-electron chi connectivity index (χ1n) is 5.26. The molecule has 0 heterocycles. The molecule has 1 aromatic carbocycles. The van der Waals surface area contributed by atoms with Gasteiger partial charge >= 0.3 is 0 Å². The predicted molar refractivity (Wildman–Crippen MR) is 65.3 cm³/mol. The van der Waals surface area contributed by atoms with Crippen molar-refractivity contribution in [3.05, 3.63) is 29.8 Å². The van der Waals surface area contributed by atoms with Gasteiger partial charge in [-0.25, -0.2) is 0 Å². The summed E-state index contributed by atoms with van der Waals surface area (Å²) in [5.74, 6) is 1.12. The van der Waals surface area contributed by atoms with Crippen LogP contribution in [0.4, 0.5) is 0 Å². The van der Waals surface area contributed by atoms with Crippen LogP contribution in [0.25, 0.3) is 0 Å². The summed E-state index contributed by atoms with van der Waals surface area (Å²) in [4.78, 5) is 11.8. The van der Waals surface area contributed by atoms with Gasteiger partial charge in [0.25, 0.3) is 5.91 Å². The fourth-order valence-corrected chi connectivity index (χ4v) is 1.54. The Balaban J connectivity index is 2.52. The second kappa shape index (κ2) is 7.12. The summed E-state index contributed by atoms with van der Waals surface area (Å²) < 4.78 is 5.11. The average molecular weight is 242 g/mol. The molecule has 0 spiro atoms. The lowest BCUT2D eigenvalue weighted by molar-refractivity contribution is 0.0950. The van der Waals surface area contributed by atoms with Crippen LogP contribution in [0.1, 0.15) is 23.2 Å². The molecule has 0 aliphatic carbocycles. The number of carbonyl (C=O) groups is 1. The fourth-order valence-electron chi connectivity index (χ4n) is 1.35. The van der Waals surface area contributed by atoms with E-state index in [1.54, 1.807) is 19.2 Å². The molecule has 0 radical (unpaired) electrons. The van der Waals surface area contributed by atoms with Gasteiger partial charge in [0.1, 0.15) is 5.75 Å². The van der Waals surface area contributed by atoms with E-state index < -0.39 is 0 Å². The predicted octanol–water partition coefficient (Wildman–Crippen LogP) is 2.44. The van der Waals surface area contributed by atoms with Gasteiger partial charge in [-0.15, -0.1) is 11.6 Å². The van der Waals surface area contributed by atoms with Crippen LogP contribution in [0.3, 0.4) is 0 Å². The second-order valence-corrected chi connectivity index (χ2v) is 3.73. The summed E-state index contributed by atoms with van der Waals surface area (Å²) in [5.41, 5.74) is 0.566. The molecule has 1 aromatic rings. The van der Waals surface area contributed by atoms with Crippen molar-refractivity contribution >= 4 is 17.5 Å². The Morgan fingerprint density at radius 2 is 2.12 bits per heavy atom. The SMILES string of the molecule is COc1ccccc1C(=O)NCCCCCl. The number of nitrogens with one attached hydrogen (secondary N) is 1. The first-order chi connectivity index (χ1) is 7.79. The minimum absolute atomic E-state index is 0.105. The van der Waals surface area contributed by atoms with Crippen molar-refractivity contribution in [2.24, 2.45) is 0 Å². The highest BCUT2D eigenvalue weighted by Gasteiger charge is 2.09. The van der Waals surface area contributed by atoms with Crippen LogP contribution < -0.4 is 10.1 Å². The lowest BCUT2D eigenvalue weighted by Gasteiger charge is -2.08. The Bertz CT molecular complexity index is 342. The molecule has 1 amide bonds. The van der Waals surface area contributed by atoms with Crippen molar-refractivity contribution in [2.45, 2.75) is 12.8 Å². The van der Waals surface area contributed by atoms with Gasteiger partial charge in [0.2, 0.25) is 0 Å². The third-order valence-electron chi connectivity index (χ3n) is 2.20. The van der Waals surface area contributed by atoms with Gasteiger partial charge in [-0.05, 0) is 25.0 Å². The van der Waals surface area contributed by atoms with E-state index in [1.165, 1.54) is 0 Å². The van der Waals surface area contributed by atoms with Crippen molar-refractivity contribution in [1.82, 2.24) is 5.32 Å². The van der Waals surface area contributed by atoms with E-state index in [0.29, 0.717) is 23.7 Å². The normalized spacial score (nSPS) is 9.88. The molecule has 0 atom stereocenters. The molecular formula is C12H16ClNO2. The van der Waals surface area contributed by atoms with Crippen LogP contribution in [0, 0.1) is 0 Å². The molecule has 1 N–H and O–H groups in total. The second-order valence-electron chi connectivity index (χ2n) is 3.35. The molecule has 1 rings (SSSR count). The van der Waals surface area contributed by atoms with E-state index in [0.717, 1.165) is 12.8 Å². The standard InChI is InChI=1S/C12H16ClNO2/c1-16-11-7-3-2-6-10(11)12(15)14-9-5-4-8-13/h2-3,6-7H,4-5,8-9H2,1H3,(H,14,15). The number of hydrogen-bond acceptors (Lipinski definition) is 2. The van der Waals surface area contributed by atoms with Crippen LogP contribution in [0.2, 0.25) is 0 Å². The third-order valence-corrected chi connectivity index (χ3v) is 2.46. The van der Waals surface area contributed by atoms with Crippen LogP contribution in [-0.4, -0.2) is 25.4 Å².